The lowest BCUT2D eigenvalue weighted by Crippen LogP contribution is -2.70. The molecule has 1 aromatic rings. The zero-order chi connectivity index (χ0) is 21.9. The minimum Gasteiger partial charge on any atom is -0.489 e. The topological polar surface area (TPSA) is 71.1 Å². The highest BCUT2D eigenvalue weighted by molar-refractivity contribution is 6.01. The van der Waals surface area contributed by atoms with E-state index in [1.165, 1.54) is 19.3 Å². The Bertz CT molecular complexity index is 964. The Labute approximate surface area is 188 Å². The second kappa shape index (κ2) is 7.59. The maximum absolute atomic E-state index is 13.0. The van der Waals surface area contributed by atoms with Crippen molar-refractivity contribution < 1.29 is 19.1 Å². The maximum Gasteiger partial charge on any atom is 0.255 e. The van der Waals surface area contributed by atoms with Crippen molar-refractivity contribution in [3.8, 4) is 5.75 Å². The first-order valence-electron chi connectivity index (χ1n) is 11.9. The van der Waals surface area contributed by atoms with Gasteiger partial charge in [0.25, 0.3) is 5.91 Å². The third-order valence-corrected chi connectivity index (χ3v) is 7.92. The SMILES string of the molecule is C=C1CCC(N2Cc3cc(O[C@@H]4CCCC[C@@H]4N4CC5(COC5)C4)ccc3C2=O)C(=O)N1. The number of fused-ring (bicyclic) bond motifs is 1. The van der Waals surface area contributed by atoms with Crippen molar-refractivity contribution in [2.45, 2.75) is 63.3 Å². The third kappa shape index (κ3) is 3.33. The molecule has 1 aromatic carbocycles. The zero-order valence-electron chi connectivity index (χ0n) is 18.5. The van der Waals surface area contributed by atoms with Crippen LogP contribution in [0.25, 0.3) is 0 Å². The van der Waals surface area contributed by atoms with Crippen LogP contribution in [-0.2, 0) is 16.1 Å². The lowest BCUT2D eigenvalue weighted by Gasteiger charge is -2.58. The number of nitrogens with zero attached hydrogens (tertiary/aromatic N) is 2. The molecule has 7 nitrogen and oxygen atoms in total. The Morgan fingerprint density at radius 3 is 2.69 bits per heavy atom. The van der Waals surface area contributed by atoms with Gasteiger partial charge in [0.1, 0.15) is 17.9 Å². The predicted molar refractivity (Wildman–Crippen MR) is 118 cm³/mol. The third-order valence-electron chi connectivity index (χ3n) is 7.92. The Morgan fingerprint density at radius 2 is 1.94 bits per heavy atom. The van der Waals surface area contributed by atoms with Crippen molar-refractivity contribution in [1.29, 1.82) is 0 Å². The highest BCUT2D eigenvalue weighted by atomic mass is 16.5. The van der Waals surface area contributed by atoms with Crippen LogP contribution in [0.1, 0.15) is 54.4 Å². The Hall–Kier alpha value is -2.38. The van der Waals surface area contributed by atoms with Crippen LogP contribution < -0.4 is 10.1 Å². The van der Waals surface area contributed by atoms with Crippen LogP contribution in [0.15, 0.2) is 30.5 Å². The van der Waals surface area contributed by atoms with Crippen molar-refractivity contribution in [1.82, 2.24) is 15.1 Å². The summed E-state index contributed by atoms with van der Waals surface area (Å²) in [5.74, 6) is 0.635. The summed E-state index contributed by atoms with van der Waals surface area (Å²) in [6.07, 6.45) is 6.22. The highest BCUT2D eigenvalue weighted by Crippen LogP contribution is 2.42. The van der Waals surface area contributed by atoms with E-state index < -0.39 is 6.04 Å². The molecule has 4 fully saturated rings. The van der Waals surface area contributed by atoms with Gasteiger partial charge in [-0.25, -0.2) is 0 Å². The first-order chi connectivity index (χ1) is 15.5. The average molecular weight is 438 g/mol. The molecule has 0 radical (unpaired) electrons. The van der Waals surface area contributed by atoms with Gasteiger partial charge in [-0.3, -0.25) is 14.5 Å². The highest BCUT2D eigenvalue weighted by Gasteiger charge is 2.52. The first kappa shape index (κ1) is 20.2. The molecule has 170 valence electrons. The molecule has 5 aliphatic rings. The normalized spacial score (nSPS) is 31.7. The summed E-state index contributed by atoms with van der Waals surface area (Å²) >= 11 is 0. The summed E-state index contributed by atoms with van der Waals surface area (Å²) in [6.45, 7) is 8.36. The van der Waals surface area contributed by atoms with Gasteiger partial charge in [0.15, 0.2) is 0 Å². The van der Waals surface area contributed by atoms with E-state index in [2.05, 4.69) is 16.8 Å². The number of carbonyl (C=O) groups is 2. The van der Waals surface area contributed by atoms with E-state index in [0.29, 0.717) is 36.4 Å². The van der Waals surface area contributed by atoms with Gasteiger partial charge in [-0.2, -0.15) is 0 Å². The molecule has 7 heteroatoms. The van der Waals surface area contributed by atoms with E-state index in [9.17, 15) is 9.59 Å². The Kier molecular flexibility index (Phi) is 4.80. The van der Waals surface area contributed by atoms with Crippen LogP contribution in [0.5, 0.6) is 5.75 Å². The quantitative estimate of drug-likeness (QED) is 0.784. The molecule has 4 aliphatic heterocycles. The van der Waals surface area contributed by atoms with E-state index in [1.807, 2.05) is 18.2 Å². The molecule has 1 N–H and O–H groups in total. The van der Waals surface area contributed by atoms with Gasteiger partial charge in [0.05, 0.1) is 13.2 Å². The van der Waals surface area contributed by atoms with Crippen LogP contribution in [0.3, 0.4) is 0 Å². The largest absolute Gasteiger partial charge is 0.489 e. The van der Waals surface area contributed by atoms with Crippen LogP contribution in [0, 0.1) is 5.41 Å². The van der Waals surface area contributed by atoms with Crippen LogP contribution in [0.4, 0.5) is 0 Å². The molecule has 2 amide bonds. The van der Waals surface area contributed by atoms with Crippen molar-refractivity contribution in [3.05, 3.63) is 41.6 Å². The first-order valence-corrected chi connectivity index (χ1v) is 11.9. The minimum atomic E-state index is -0.429. The molecule has 1 spiro atoms. The zero-order valence-corrected chi connectivity index (χ0v) is 18.5. The molecule has 3 saturated heterocycles. The number of ether oxygens (including phenoxy) is 2. The molecular weight excluding hydrogens is 406 g/mol. The van der Waals surface area contributed by atoms with Gasteiger partial charge in [-0.15, -0.1) is 0 Å². The van der Waals surface area contributed by atoms with E-state index in [-0.39, 0.29) is 17.9 Å². The standard InChI is InChI=1S/C25H31N3O4/c1-16-6-9-21(23(29)26-16)28-11-17-10-18(7-8-19(17)24(28)30)32-22-5-3-2-4-20(22)27-12-25(13-27)14-31-15-25/h7-8,10,20-22H,1-6,9,11-15H2,(H,26,29)/t20-,21?,22+/m0/s1. The number of benzene rings is 1. The lowest BCUT2D eigenvalue weighted by molar-refractivity contribution is -0.207. The van der Waals surface area contributed by atoms with Crippen molar-refractivity contribution in [2.75, 3.05) is 26.3 Å². The van der Waals surface area contributed by atoms with Gasteiger partial charge in [-0.1, -0.05) is 13.0 Å². The second-order valence-corrected chi connectivity index (χ2v) is 10.3. The fourth-order valence-electron chi connectivity index (χ4n) is 6.13. The van der Waals surface area contributed by atoms with Gasteiger partial charge < -0.3 is 19.7 Å². The molecule has 0 bridgehead atoms. The van der Waals surface area contributed by atoms with Crippen molar-refractivity contribution in [2.24, 2.45) is 5.41 Å². The number of carbonyl (C=O) groups excluding carboxylic acids is 2. The van der Waals surface area contributed by atoms with Gasteiger partial charge in [-0.05, 0) is 55.9 Å². The molecule has 3 atom stereocenters. The number of amides is 2. The monoisotopic (exact) mass is 437 g/mol. The molecule has 4 heterocycles. The summed E-state index contributed by atoms with van der Waals surface area (Å²) in [6, 6.07) is 5.83. The second-order valence-electron chi connectivity index (χ2n) is 10.3. The van der Waals surface area contributed by atoms with Gasteiger partial charge in [0.2, 0.25) is 5.91 Å². The molecule has 32 heavy (non-hydrogen) atoms. The molecule has 1 aliphatic carbocycles. The van der Waals surface area contributed by atoms with Crippen LogP contribution in [0.2, 0.25) is 0 Å². The van der Waals surface area contributed by atoms with Crippen LogP contribution in [-0.4, -0.2) is 66.1 Å². The smallest absolute Gasteiger partial charge is 0.255 e. The van der Waals surface area contributed by atoms with Crippen molar-refractivity contribution in [3.63, 3.8) is 0 Å². The number of nitrogens with one attached hydrogen (secondary N) is 1. The molecule has 6 rings (SSSR count). The van der Waals surface area contributed by atoms with Crippen LogP contribution >= 0.6 is 0 Å². The van der Waals surface area contributed by atoms with E-state index in [4.69, 9.17) is 9.47 Å². The summed E-state index contributed by atoms with van der Waals surface area (Å²) in [7, 11) is 0. The number of rotatable bonds is 4. The number of piperidine rings is 1. The molecule has 1 unspecified atom stereocenters. The fourth-order valence-corrected chi connectivity index (χ4v) is 6.13. The number of hydrogen-bond acceptors (Lipinski definition) is 5. The summed E-state index contributed by atoms with van der Waals surface area (Å²) < 4.78 is 12.0. The van der Waals surface area contributed by atoms with E-state index >= 15 is 0 Å². The van der Waals surface area contributed by atoms with Gasteiger partial charge >= 0.3 is 0 Å². The number of allylic oxidation sites excluding steroid dienone is 1. The number of likely N-dealkylation sites (tertiary alicyclic amines) is 1. The molecular formula is C25H31N3O4. The Morgan fingerprint density at radius 1 is 1.12 bits per heavy atom. The summed E-state index contributed by atoms with van der Waals surface area (Å²) in [5, 5.41) is 2.80. The summed E-state index contributed by atoms with van der Waals surface area (Å²) in [4.78, 5) is 29.7. The van der Waals surface area contributed by atoms with E-state index in [1.54, 1.807) is 4.90 Å². The number of hydrogen-bond donors (Lipinski definition) is 1. The molecule has 0 aromatic heterocycles. The van der Waals surface area contributed by atoms with Gasteiger partial charge in [0, 0.05) is 42.4 Å². The van der Waals surface area contributed by atoms with E-state index in [0.717, 1.165) is 49.7 Å². The predicted octanol–water partition coefficient (Wildman–Crippen LogP) is 2.46. The summed E-state index contributed by atoms with van der Waals surface area (Å²) in [5.41, 5.74) is 2.78. The maximum atomic E-state index is 13.0. The lowest BCUT2D eigenvalue weighted by atomic mass is 9.75. The molecule has 1 saturated carbocycles. The minimum absolute atomic E-state index is 0.0663. The fraction of sp³-hybridized carbons (Fsp3) is 0.600. The Balaban J connectivity index is 1.14. The van der Waals surface area contributed by atoms with Crippen molar-refractivity contribution >= 4 is 11.8 Å². The average Bonchev–Trinajstić information content (AvgIpc) is 3.03.